The first-order chi connectivity index (χ1) is 13.9. The van der Waals surface area contributed by atoms with Crippen LogP contribution in [0.5, 0.6) is 0 Å². The zero-order valence-electron chi connectivity index (χ0n) is 18.1. The lowest BCUT2D eigenvalue weighted by Crippen LogP contribution is -2.20. The molecule has 150 valence electrons. The zero-order valence-corrected chi connectivity index (χ0v) is 18.1. The first-order valence-electron chi connectivity index (χ1n) is 10.9. The summed E-state index contributed by atoms with van der Waals surface area (Å²) in [6.07, 6.45) is 16.0. The molecule has 0 unspecified atom stereocenters. The Labute approximate surface area is 176 Å². The van der Waals surface area contributed by atoms with E-state index in [0.29, 0.717) is 0 Å². The summed E-state index contributed by atoms with van der Waals surface area (Å²) in [5.74, 6) is 0. The lowest BCUT2D eigenvalue weighted by molar-refractivity contribution is 0.636. The minimum atomic E-state index is -0.0801. The van der Waals surface area contributed by atoms with Crippen LogP contribution in [0.25, 0.3) is 0 Å². The van der Waals surface area contributed by atoms with Gasteiger partial charge in [0.25, 0.3) is 0 Å². The van der Waals surface area contributed by atoms with Gasteiger partial charge in [-0.25, -0.2) is 0 Å². The third-order valence-electron chi connectivity index (χ3n) is 6.95. The second-order valence-electron chi connectivity index (χ2n) is 9.27. The van der Waals surface area contributed by atoms with Crippen LogP contribution in [0, 0.1) is 6.92 Å². The number of benzene rings is 1. The van der Waals surface area contributed by atoms with Crippen molar-refractivity contribution >= 4 is 0 Å². The largest absolute Gasteiger partial charge is 0.402 e. The summed E-state index contributed by atoms with van der Waals surface area (Å²) in [5, 5.41) is 0. The molecule has 0 aromatic heterocycles. The molecule has 1 heteroatoms. The molecule has 0 heterocycles. The van der Waals surface area contributed by atoms with Gasteiger partial charge in [-0.1, -0.05) is 62.9 Å². The smallest absolute Gasteiger partial charge is 0.0143 e. The molecule has 0 saturated carbocycles. The molecule has 4 rings (SSSR count). The molecule has 0 fully saturated rings. The predicted molar refractivity (Wildman–Crippen MR) is 125 cm³/mol. The Hall–Kier alpha value is -2.54. The molecule has 0 saturated heterocycles. The SMILES string of the molecule is C=C(/C=C/C1=C2CC3=C(C=C2CCC1)CCC(N)=C3)C(C)(C)c1ccccc1C. The second kappa shape index (κ2) is 7.71. The van der Waals surface area contributed by atoms with Crippen LogP contribution in [-0.2, 0) is 5.41 Å². The Morgan fingerprint density at radius 1 is 1.03 bits per heavy atom. The summed E-state index contributed by atoms with van der Waals surface area (Å²) in [7, 11) is 0. The number of nitrogens with two attached hydrogens (primary N) is 1. The summed E-state index contributed by atoms with van der Waals surface area (Å²) in [5.41, 5.74) is 18.4. The number of hydrogen-bond acceptors (Lipinski definition) is 1. The van der Waals surface area contributed by atoms with Gasteiger partial charge in [0.2, 0.25) is 0 Å². The molecule has 3 aliphatic rings. The molecule has 1 aromatic carbocycles. The highest BCUT2D eigenvalue weighted by Crippen LogP contribution is 2.42. The van der Waals surface area contributed by atoms with E-state index < -0.39 is 0 Å². The number of allylic oxidation sites excluding steroid dienone is 11. The number of fused-ring (bicyclic) bond motifs is 1. The Morgan fingerprint density at radius 2 is 1.83 bits per heavy atom. The van der Waals surface area contributed by atoms with E-state index in [1.54, 1.807) is 5.57 Å². The van der Waals surface area contributed by atoms with E-state index in [1.165, 1.54) is 46.3 Å². The molecule has 0 aliphatic heterocycles. The van der Waals surface area contributed by atoms with Crippen LogP contribution in [0.3, 0.4) is 0 Å². The van der Waals surface area contributed by atoms with Crippen molar-refractivity contribution < 1.29 is 0 Å². The fourth-order valence-corrected chi connectivity index (χ4v) is 4.96. The summed E-state index contributed by atoms with van der Waals surface area (Å²) in [4.78, 5) is 0. The van der Waals surface area contributed by atoms with Crippen LogP contribution in [0.1, 0.15) is 63.5 Å². The van der Waals surface area contributed by atoms with Gasteiger partial charge in [-0.2, -0.15) is 0 Å². The van der Waals surface area contributed by atoms with Crippen molar-refractivity contribution in [1.29, 1.82) is 0 Å². The van der Waals surface area contributed by atoms with E-state index in [9.17, 15) is 0 Å². The van der Waals surface area contributed by atoms with Gasteiger partial charge in [0.05, 0.1) is 0 Å². The van der Waals surface area contributed by atoms with Gasteiger partial charge in [0.1, 0.15) is 0 Å². The molecule has 2 N–H and O–H groups in total. The molecule has 3 aliphatic carbocycles. The van der Waals surface area contributed by atoms with Crippen molar-refractivity contribution in [3.8, 4) is 0 Å². The van der Waals surface area contributed by atoms with Gasteiger partial charge in [0, 0.05) is 11.1 Å². The van der Waals surface area contributed by atoms with Crippen molar-refractivity contribution in [3.63, 3.8) is 0 Å². The normalized spacial score (nSPS) is 19.7. The molecular formula is C28H33N. The van der Waals surface area contributed by atoms with Crippen molar-refractivity contribution in [2.45, 2.75) is 64.7 Å². The zero-order chi connectivity index (χ0) is 20.6. The van der Waals surface area contributed by atoms with Gasteiger partial charge < -0.3 is 5.73 Å². The molecular weight excluding hydrogens is 350 g/mol. The van der Waals surface area contributed by atoms with Crippen LogP contribution in [-0.4, -0.2) is 0 Å². The lowest BCUT2D eigenvalue weighted by atomic mass is 9.74. The molecule has 0 spiro atoms. The minimum absolute atomic E-state index is 0.0801. The molecule has 1 aromatic rings. The van der Waals surface area contributed by atoms with Crippen molar-refractivity contribution in [1.82, 2.24) is 0 Å². The first-order valence-corrected chi connectivity index (χ1v) is 10.9. The van der Waals surface area contributed by atoms with Gasteiger partial charge in [-0.3, -0.25) is 0 Å². The average Bonchev–Trinajstić information content (AvgIpc) is 2.70. The lowest BCUT2D eigenvalue weighted by Gasteiger charge is -2.30. The summed E-state index contributed by atoms with van der Waals surface area (Å²) < 4.78 is 0. The van der Waals surface area contributed by atoms with Crippen molar-refractivity contribution in [3.05, 3.63) is 105 Å². The topological polar surface area (TPSA) is 26.0 Å². The van der Waals surface area contributed by atoms with Gasteiger partial charge in [-0.15, -0.1) is 0 Å². The monoisotopic (exact) mass is 383 g/mol. The Balaban J connectivity index is 1.61. The second-order valence-corrected chi connectivity index (χ2v) is 9.27. The maximum atomic E-state index is 6.12. The van der Waals surface area contributed by atoms with Gasteiger partial charge >= 0.3 is 0 Å². The minimum Gasteiger partial charge on any atom is -0.402 e. The highest BCUT2D eigenvalue weighted by Gasteiger charge is 2.26. The fraction of sp³-hybridized carbons (Fsp3) is 0.357. The highest BCUT2D eigenvalue weighted by molar-refractivity contribution is 5.56. The maximum absolute atomic E-state index is 6.12. The third-order valence-corrected chi connectivity index (χ3v) is 6.95. The number of hydrogen-bond donors (Lipinski definition) is 1. The van der Waals surface area contributed by atoms with E-state index in [0.717, 1.165) is 37.0 Å². The van der Waals surface area contributed by atoms with Crippen LogP contribution >= 0.6 is 0 Å². The quantitative estimate of drug-likeness (QED) is 0.550. The van der Waals surface area contributed by atoms with Crippen LogP contribution < -0.4 is 5.73 Å². The van der Waals surface area contributed by atoms with E-state index >= 15 is 0 Å². The summed E-state index contributed by atoms with van der Waals surface area (Å²) >= 11 is 0. The fourth-order valence-electron chi connectivity index (χ4n) is 4.96. The van der Waals surface area contributed by atoms with Crippen molar-refractivity contribution in [2.75, 3.05) is 0 Å². The molecule has 0 bridgehead atoms. The first kappa shape index (κ1) is 19.8. The van der Waals surface area contributed by atoms with E-state index in [4.69, 9.17) is 5.73 Å². The standard InChI is InChI=1S/C28H33N/c1-19-8-5-6-11-27(19)28(3,4)20(2)12-13-21-9-7-10-23-16-22-14-15-25(29)17-24(22)18-26(21)23/h5-6,8,11-13,16-17H,2,7,9-10,14-15,18,29H2,1,3-4H3/b13-12+. The van der Waals surface area contributed by atoms with E-state index in [-0.39, 0.29) is 5.41 Å². The summed E-state index contributed by atoms with van der Waals surface area (Å²) in [6.45, 7) is 11.2. The maximum Gasteiger partial charge on any atom is 0.0143 e. The highest BCUT2D eigenvalue weighted by atomic mass is 14.6. The van der Waals surface area contributed by atoms with E-state index in [1.807, 2.05) is 0 Å². The Bertz CT molecular complexity index is 1000. The average molecular weight is 384 g/mol. The van der Waals surface area contributed by atoms with Crippen LogP contribution in [0.2, 0.25) is 0 Å². The molecule has 0 amide bonds. The van der Waals surface area contributed by atoms with Gasteiger partial charge in [-0.05, 0) is 96.1 Å². The third kappa shape index (κ3) is 3.83. The summed E-state index contributed by atoms with van der Waals surface area (Å²) in [6, 6.07) is 8.65. The van der Waals surface area contributed by atoms with Crippen LogP contribution in [0.4, 0.5) is 0 Å². The Kier molecular flexibility index (Phi) is 5.25. The molecule has 29 heavy (non-hydrogen) atoms. The predicted octanol–water partition coefficient (Wildman–Crippen LogP) is 7.13. The molecule has 1 nitrogen and oxygen atoms in total. The number of rotatable bonds is 4. The molecule has 0 radical (unpaired) electrons. The van der Waals surface area contributed by atoms with Crippen LogP contribution in [0.15, 0.2) is 94.3 Å². The number of aryl methyl sites for hydroxylation is 1. The van der Waals surface area contributed by atoms with Gasteiger partial charge in [0.15, 0.2) is 0 Å². The van der Waals surface area contributed by atoms with E-state index in [2.05, 4.69) is 75.9 Å². The Morgan fingerprint density at radius 3 is 2.62 bits per heavy atom. The molecule has 0 atom stereocenters. The van der Waals surface area contributed by atoms with Crippen molar-refractivity contribution in [2.24, 2.45) is 5.73 Å².